The lowest BCUT2D eigenvalue weighted by molar-refractivity contribution is 0.431. The molecule has 2 nitrogen and oxygen atoms in total. The monoisotopic (exact) mass is 246 g/mol. The Balaban J connectivity index is 2.56. The molecule has 0 aromatic carbocycles. The van der Waals surface area contributed by atoms with Gasteiger partial charge in [-0.2, -0.15) is 0 Å². The van der Waals surface area contributed by atoms with Crippen LogP contribution in [0.3, 0.4) is 0 Å². The van der Waals surface area contributed by atoms with Crippen molar-refractivity contribution in [2.75, 3.05) is 11.8 Å². The number of halogens is 2. The highest BCUT2D eigenvalue weighted by atomic mass is 35.5. The lowest BCUT2D eigenvalue weighted by atomic mass is 10.1. The van der Waals surface area contributed by atoms with E-state index in [9.17, 15) is 0 Å². The van der Waals surface area contributed by atoms with Gasteiger partial charge in [-0.25, -0.2) is 0 Å². The lowest BCUT2D eigenvalue weighted by Crippen LogP contribution is -2.45. The molecule has 1 aromatic heterocycles. The second-order valence-electron chi connectivity index (χ2n) is 3.95. The van der Waals surface area contributed by atoms with E-state index in [-0.39, 0.29) is 5.54 Å². The normalized spacial score (nSPS) is 11.7. The van der Waals surface area contributed by atoms with E-state index >= 15 is 0 Å². The molecule has 0 saturated heterocycles. The van der Waals surface area contributed by atoms with Crippen LogP contribution in [0.25, 0.3) is 0 Å². The number of aromatic nitrogens is 1. The smallest absolute Gasteiger partial charge is 0.0545 e. The first kappa shape index (κ1) is 12.8. The maximum Gasteiger partial charge on any atom is 0.0545 e. The Bertz CT molecular complexity index is 311. The molecule has 0 aliphatic heterocycles. The molecule has 1 heterocycles. The van der Waals surface area contributed by atoms with Gasteiger partial charge >= 0.3 is 0 Å². The Hall–Kier alpha value is -0.310. The second-order valence-corrected chi connectivity index (χ2v) is 4.49. The molecule has 0 atom stereocenters. The van der Waals surface area contributed by atoms with Crippen molar-refractivity contribution in [2.45, 2.75) is 25.9 Å². The molecule has 1 N–H and O–H groups in total. The van der Waals surface area contributed by atoms with Crippen molar-refractivity contribution in [3.63, 3.8) is 0 Å². The van der Waals surface area contributed by atoms with Gasteiger partial charge in [-0.15, -0.1) is 23.2 Å². The topological polar surface area (TPSA) is 24.9 Å². The minimum atomic E-state index is -0.228. The van der Waals surface area contributed by atoms with E-state index in [1.54, 1.807) is 0 Å². The molecular formula is C11H16Cl2N2. The summed E-state index contributed by atoms with van der Waals surface area (Å²) in [6.07, 6.45) is 0. The summed E-state index contributed by atoms with van der Waals surface area (Å²) >= 11 is 11.7. The molecule has 0 bridgehead atoms. The van der Waals surface area contributed by atoms with E-state index in [4.69, 9.17) is 23.2 Å². The second kappa shape index (κ2) is 5.69. The molecule has 15 heavy (non-hydrogen) atoms. The first-order valence-corrected chi connectivity index (χ1v) is 5.96. The van der Waals surface area contributed by atoms with Crippen molar-refractivity contribution in [3.05, 3.63) is 29.6 Å². The zero-order chi connectivity index (χ0) is 11.3. The number of nitrogens with one attached hydrogen (secondary N) is 1. The fourth-order valence-electron chi connectivity index (χ4n) is 1.13. The van der Waals surface area contributed by atoms with Crippen LogP contribution in [0.5, 0.6) is 0 Å². The molecule has 0 unspecified atom stereocenters. The Kier molecular flexibility index (Phi) is 4.84. The predicted molar refractivity (Wildman–Crippen MR) is 65.7 cm³/mol. The van der Waals surface area contributed by atoms with Crippen LogP contribution in [0.15, 0.2) is 18.2 Å². The molecule has 0 spiro atoms. The highest BCUT2D eigenvalue weighted by molar-refractivity contribution is 6.22. The first-order chi connectivity index (χ1) is 7.09. The molecule has 84 valence electrons. The van der Waals surface area contributed by atoms with Crippen molar-refractivity contribution in [2.24, 2.45) is 0 Å². The summed E-state index contributed by atoms with van der Waals surface area (Å²) in [5, 5.41) is 3.31. The fraction of sp³-hybridized carbons (Fsp3) is 0.545. The average molecular weight is 247 g/mol. The van der Waals surface area contributed by atoms with Crippen molar-refractivity contribution in [3.8, 4) is 0 Å². The molecule has 0 aliphatic rings. The maximum atomic E-state index is 5.84. The number of hydrogen-bond donors (Lipinski definition) is 1. The standard InChI is InChI=1S/C11H16Cl2N2/c1-9-4-3-5-10(15-9)6-14-11(2,7-12)8-13/h3-5,14H,6-8H2,1-2H3. The van der Waals surface area contributed by atoms with E-state index in [0.29, 0.717) is 18.3 Å². The molecule has 0 fully saturated rings. The van der Waals surface area contributed by atoms with Gasteiger partial charge < -0.3 is 5.32 Å². The van der Waals surface area contributed by atoms with Gasteiger partial charge in [-0.05, 0) is 26.0 Å². The summed E-state index contributed by atoms with van der Waals surface area (Å²) < 4.78 is 0. The largest absolute Gasteiger partial charge is 0.304 e. The van der Waals surface area contributed by atoms with E-state index < -0.39 is 0 Å². The van der Waals surface area contributed by atoms with Gasteiger partial charge in [-0.1, -0.05) is 6.07 Å². The minimum absolute atomic E-state index is 0.228. The number of hydrogen-bond acceptors (Lipinski definition) is 2. The third kappa shape index (κ3) is 3.98. The average Bonchev–Trinajstić information content (AvgIpc) is 2.26. The third-order valence-electron chi connectivity index (χ3n) is 2.23. The summed E-state index contributed by atoms with van der Waals surface area (Å²) in [6.45, 7) is 4.67. The lowest BCUT2D eigenvalue weighted by Gasteiger charge is -2.25. The van der Waals surface area contributed by atoms with Crippen LogP contribution in [0.4, 0.5) is 0 Å². The van der Waals surface area contributed by atoms with Crippen LogP contribution >= 0.6 is 23.2 Å². The van der Waals surface area contributed by atoms with Crippen LogP contribution in [0.2, 0.25) is 0 Å². The van der Waals surface area contributed by atoms with Gasteiger partial charge in [0, 0.05) is 29.5 Å². The van der Waals surface area contributed by atoms with Crippen LogP contribution in [0, 0.1) is 6.92 Å². The Labute approximate surface area is 101 Å². The molecule has 1 rings (SSSR count). The highest BCUT2D eigenvalue weighted by Crippen LogP contribution is 2.10. The van der Waals surface area contributed by atoms with Gasteiger partial charge in [0.25, 0.3) is 0 Å². The van der Waals surface area contributed by atoms with E-state index in [1.165, 1.54) is 0 Å². The zero-order valence-corrected chi connectivity index (χ0v) is 10.6. The molecule has 4 heteroatoms. The zero-order valence-electron chi connectivity index (χ0n) is 9.06. The van der Waals surface area contributed by atoms with Crippen LogP contribution in [-0.2, 0) is 6.54 Å². The van der Waals surface area contributed by atoms with E-state index in [1.807, 2.05) is 32.0 Å². The first-order valence-electron chi connectivity index (χ1n) is 4.89. The van der Waals surface area contributed by atoms with Gasteiger partial charge in [-0.3, -0.25) is 4.98 Å². The SMILES string of the molecule is Cc1cccc(CNC(C)(CCl)CCl)n1. The Morgan fingerprint density at radius 2 is 2.00 bits per heavy atom. The summed E-state index contributed by atoms with van der Waals surface area (Å²) in [6, 6.07) is 5.97. The van der Waals surface area contributed by atoms with Crippen LogP contribution in [-0.4, -0.2) is 22.3 Å². The van der Waals surface area contributed by atoms with E-state index in [0.717, 1.165) is 11.4 Å². The molecule has 1 aromatic rings. The number of pyridine rings is 1. The molecule has 0 aliphatic carbocycles. The molecule has 0 saturated carbocycles. The Morgan fingerprint density at radius 1 is 1.33 bits per heavy atom. The van der Waals surface area contributed by atoms with Crippen LogP contribution < -0.4 is 5.32 Å². The number of nitrogens with zero attached hydrogens (tertiary/aromatic N) is 1. The molecular weight excluding hydrogens is 231 g/mol. The summed E-state index contributed by atoms with van der Waals surface area (Å²) in [5.41, 5.74) is 1.80. The van der Waals surface area contributed by atoms with Gasteiger partial charge in [0.05, 0.1) is 5.69 Å². The quantitative estimate of drug-likeness (QED) is 0.809. The van der Waals surface area contributed by atoms with Gasteiger partial charge in [0.1, 0.15) is 0 Å². The summed E-state index contributed by atoms with van der Waals surface area (Å²) in [4.78, 5) is 4.40. The highest BCUT2D eigenvalue weighted by Gasteiger charge is 2.20. The number of aryl methyl sites for hydroxylation is 1. The molecule has 0 radical (unpaired) electrons. The third-order valence-corrected chi connectivity index (χ3v) is 3.41. The van der Waals surface area contributed by atoms with Gasteiger partial charge in [0.2, 0.25) is 0 Å². The van der Waals surface area contributed by atoms with Crippen molar-refractivity contribution >= 4 is 23.2 Å². The number of alkyl halides is 2. The summed E-state index contributed by atoms with van der Waals surface area (Å²) in [5.74, 6) is 0.977. The predicted octanol–water partition coefficient (Wildman–Crippen LogP) is 2.72. The molecule has 0 amide bonds. The maximum absolute atomic E-state index is 5.84. The minimum Gasteiger partial charge on any atom is -0.304 e. The fourth-order valence-corrected chi connectivity index (χ4v) is 1.61. The summed E-state index contributed by atoms with van der Waals surface area (Å²) in [7, 11) is 0. The Morgan fingerprint density at radius 3 is 2.53 bits per heavy atom. The van der Waals surface area contributed by atoms with Crippen LogP contribution in [0.1, 0.15) is 18.3 Å². The van der Waals surface area contributed by atoms with Crippen molar-refractivity contribution < 1.29 is 0 Å². The van der Waals surface area contributed by atoms with Gasteiger partial charge in [0.15, 0.2) is 0 Å². The van der Waals surface area contributed by atoms with Crippen molar-refractivity contribution in [1.29, 1.82) is 0 Å². The number of rotatable bonds is 5. The van der Waals surface area contributed by atoms with E-state index in [2.05, 4.69) is 10.3 Å². The van der Waals surface area contributed by atoms with Crippen molar-refractivity contribution in [1.82, 2.24) is 10.3 Å².